The van der Waals surface area contributed by atoms with Crippen LogP contribution in [0, 0.1) is 0 Å². The van der Waals surface area contributed by atoms with Gasteiger partial charge in [-0.1, -0.05) is 0 Å². The number of rotatable bonds is 4. The van der Waals surface area contributed by atoms with Gasteiger partial charge in [0.25, 0.3) is 0 Å². The molecule has 8 nitrogen and oxygen atoms in total. The van der Waals surface area contributed by atoms with Gasteiger partial charge in [-0.3, -0.25) is 5.10 Å². The van der Waals surface area contributed by atoms with Gasteiger partial charge in [0.1, 0.15) is 18.5 Å². The minimum absolute atomic E-state index is 0.561. The molecule has 0 saturated heterocycles. The summed E-state index contributed by atoms with van der Waals surface area (Å²) in [6.07, 6.45) is 4.90. The monoisotopic (exact) mass is 244 g/mol. The second kappa shape index (κ2) is 4.40. The molecule has 0 atom stereocenters. The molecule has 3 aromatic rings. The fraction of sp³-hybridized carbons (Fsp3) is 0.300. The van der Waals surface area contributed by atoms with Crippen molar-refractivity contribution in [3.8, 4) is 0 Å². The first kappa shape index (κ1) is 10.6. The molecule has 92 valence electrons. The normalized spacial score (nSPS) is 10.9. The van der Waals surface area contributed by atoms with Crippen molar-refractivity contribution >= 4 is 16.9 Å². The van der Waals surface area contributed by atoms with E-state index in [1.54, 1.807) is 12.5 Å². The lowest BCUT2D eigenvalue weighted by Gasteiger charge is -2.06. The van der Waals surface area contributed by atoms with Crippen LogP contribution >= 0.6 is 0 Å². The third kappa shape index (κ3) is 1.77. The molecule has 0 aliphatic carbocycles. The van der Waals surface area contributed by atoms with Crippen molar-refractivity contribution in [2.24, 2.45) is 0 Å². The van der Waals surface area contributed by atoms with Crippen LogP contribution in [-0.2, 0) is 13.1 Å². The Balaban J connectivity index is 1.83. The van der Waals surface area contributed by atoms with Crippen LogP contribution < -0.4 is 5.32 Å². The maximum absolute atomic E-state index is 4.19. The topological polar surface area (TPSA) is 97.2 Å². The summed E-state index contributed by atoms with van der Waals surface area (Å²) in [5.74, 6) is 1.60. The Morgan fingerprint density at radius 3 is 3.22 bits per heavy atom. The summed E-state index contributed by atoms with van der Waals surface area (Å²) in [5.41, 5.74) is 0.712. The lowest BCUT2D eigenvalue weighted by Crippen LogP contribution is -2.08. The quantitative estimate of drug-likeness (QED) is 0.696. The van der Waals surface area contributed by atoms with Crippen LogP contribution in [0.1, 0.15) is 12.7 Å². The Labute approximate surface area is 102 Å². The first-order chi connectivity index (χ1) is 8.88. The molecular weight excluding hydrogens is 232 g/mol. The van der Waals surface area contributed by atoms with Gasteiger partial charge in [0, 0.05) is 6.54 Å². The molecule has 8 heteroatoms. The maximum Gasteiger partial charge on any atom is 0.160 e. The van der Waals surface area contributed by atoms with Crippen LogP contribution in [0.2, 0.25) is 0 Å². The van der Waals surface area contributed by atoms with Crippen molar-refractivity contribution in [2.45, 2.75) is 20.0 Å². The Bertz CT molecular complexity index is 655. The van der Waals surface area contributed by atoms with E-state index in [1.165, 1.54) is 6.33 Å². The molecule has 0 bridgehead atoms. The SMILES string of the molecule is CCn1cnnc1CNc1ncnc2[nH]ncc12. The number of fused-ring (bicyclic) bond motifs is 1. The van der Waals surface area contributed by atoms with Crippen molar-refractivity contribution in [1.82, 2.24) is 34.9 Å². The molecule has 3 aromatic heterocycles. The van der Waals surface area contributed by atoms with E-state index in [2.05, 4.69) is 35.7 Å². The summed E-state index contributed by atoms with van der Waals surface area (Å²) in [5, 5.41) is 18.8. The van der Waals surface area contributed by atoms with Crippen molar-refractivity contribution in [3.05, 3.63) is 24.7 Å². The summed E-state index contributed by atoms with van der Waals surface area (Å²) < 4.78 is 1.97. The molecule has 0 amide bonds. The number of nitrogens with zero attached hydrogens (tertiary/aromatic N) is 6. The smallest absolute Gasteiger partial charge is 0.160 e. The van der Waals surface area contributed by atoms with Gasteiger partial charge in [-0.2, -0.15) is 5.10 Å². The van der Waals surface area contributed by atoms with Crippen LogP contribution in [0.4, 0.5) is 5.82 Å². The fourth-order valence-corrected chi connectivity index (χ4v) is 1.75. The zero-order valence-electron chi connectivity index (χ0n) is 9.83. The van der Waals surface area contributed by atoms with Gasteiger partial charge in [-0.05, 0) is 6.92 Å². The highest BCUT2D eigenvalue weighted by Crippen LogP contribution is 2.16. The molecule has 0 fully saturated rings. The summed E-state index contributed by atoms with van der Waals surface area (Å²) in [4.78, 5) is 8.27. The average Bonchev–Trinajstić information content (AvgIpc) is 3.04. The van der Waals surface area contributed by atoms with Gasteiger partial charge in [0.05, 0.1) is 18.1 Å². The minimum Gasteiger partial charge on any atom is -0.362 e. The first-order valence-corrected chi connectivity index (χ1v) is 5.63. The number of hydrogen-bond donors (Lipinski definition) is 2. The Kier molecular flexibility index (Phi) is 2.60. The first-order valence-electron chi connectivity index (χ1n) is 5.63. The van der Waals surface area contributed by atoms with Gasteiger partial charge in [0.2, 0.25) is 0 Å². The maximum atomic E-state index is 4.19. The van der Waals surface area contributed by atoms with E-state index in [1.807, 2.05) is 11.5 Å². The third-order valence-corrected chi connectivity index (χ3v) is 2.70. The summed E-state index contributed by atoms with van der Waals surface area (Å²) in [7, 11) is 0. The molecule has 0 saturated carbocycles. The van der Waals surface area contributed by atoms with Crippen molar-refractivity contribution in [1.29, 1.82) is 0 Å². The number of aryl methyl sites for hydroxylation is 1. The predicted octanol–water partition coefficient (Wildman–Crippen LogP) is 0.576. The molecule has 18 heavy (non-hydrogen) atoms. The second-order valence-corrected chi connectivity index (χ2v) is 3.74. The number of aromatic nitrogens is 7. The van der Waals surface area contributed by atoms with E-state index >= 15 is 0 Å². The van der Waals surface area contributed by atoms with Gasteiger partial charge in [-0.25, -0.2) is 9.97 Å². The zero-order chi connectivity index (χ0) is 12.4. The summed E-state index contributed by atoms with van der Waals surface area (Å²) in [6.45, 7) is 3.45. The molecule has 0 aliphatic heterocycles. The second-order valence-electron chi connectivity index (χ2n) is 3.74. The molecule has 3 heterocycles. The highest BCUT2D eigenvalue weighted by molar-refractivity contribution is 5.85. The largest absolute Gasteiger partial charge is 0.362 e. The molecule has 0 unspecified atom stereocenters. The number of H-pyrrole nitrogens is 1. The summed E-state index contributed by atoms with van der Waals surface area (Å²) >= 11 is 0. The Hall–Kier alpha value is -2.51. The highest BCUT2D eigenvalue weighted by Gasteiger charge is 2.07. The van der Waals surface area contributed by atoms with Crippen LogP contribution in [0.3, 0.4) is 0 Å². The Morgan fingerprint density at radius 2 is 2.33 bits per heavy atom. The molecule has 0 aliphatic rings. The molecular formula is C10H12N8. The van der Waals surface area contributed by atoms with Gasteiger partial charge in [0.15, 0.2) is 11.5 Å². The van der Waals surface area contributed by atoms with E-state index in [-0.39, 0.29) is 0 Å². The lowest BCUT2D eigenvalue weighted by atomic mass is 10.4. The van der Waals surface area contributed by atoms with Crippen LogP contribution in [0.25, 0.3) is 11.0 Å². The van der Waals surface area contributed by atoms with Gasteiger partial charge in [-0.15, -0.1) is 10.2 Å². The number of nitrogens with one attached hydrogen (secondary N) is 2. The van der Waals surface area contributed by atoms with E-state index < -0.39 is 0 Å². The van der Waals surface area contributed by atoms with E-state index in [9.17, 15) is 0 Å². The molecule has 0 aromatic carbocycles. The predicted molar refractivity (Wildman–Crippen MR) is 64.7 cm³/mol. The number of anilines is 1. The van der Waals surface area contributed by atoms with E-state index in [4.69, 9.17) is 0 Å². The van der Waals surface area contributed by atoms with E-state index in [0.29, 0.717) is 12.2 Å². The molecule has 0 radical (unpaired) electrons. The van der Waals surface area contributed by atoms with Crippen LogP contribution in [-0.4, -0.2) is 34.9 Å². The molecule has 0 spiro atoms. The van der Waals surface area contributed by atoms with Crippen LogP contribution in [0.5, 0.6) is 0 Å². The van der Waals surface area contributed by atoms with E-state index in [0.717, 1.165) is 23.6 Å². The number of aromatic amines is 1. The van der Waals surface area contributed by atoms with Crippen molar-refractivity contribution < 1.29 is 0 Å². The molecule has 2 N–H and O–H groups in total. The Morgan fingerprint density at radius 1 is 1.39 bits per heavy atom. The van der Waals surface area contributed by atoms with Gasteiger partial charge < -0.3 is 9.88 Å². The molecule has 3 rings (SSSR count). The third-order valence-electron chi connectivity index (χ3n) is 2.70. The van der Waals surface area contributed by atoms with Crippen molar-refractivity contribution in [3.63, 3.8) is 0 Å². The average molecular weight is 244 g/mol. The summed E-state index contributed by atoms with van der Waals surface area (Å²) in [6, 6.07) is 0. The van der Waals surface area contributed by atoms with Gasteiger partial charge >= 0.3 is 0 Å². The van der Waals surface area contributed by atoms with Crippen molar-refractivity contribution in [2.75, 3.05) is 5.32 Å². The standard InChI is InChI=1S/C10H12N8/c1-2-18-6-15-16-8(18)4-11-9-7-3-14-17-10(7)13-5-12-9/h3,5-6H,2,4H2,1H3,(H2,11,12,13,14,17). The fourth-order valence-electron chi connectivity index (χ4n) is 1.75. The lowest BCUT2D eigenvalue weighted by molar-refractivity contribution is 0.707. The number of hydrogen-bond acceptors (Lipinski definition) is 6. The van der Waals surface area contributed by atoms with Crippen LogP contribution in [0.15, 0.2) is 18.9 Å². The highest BCUT2D eigenvalue weighted by atomic mass is 15.3. The minimum atomic E-state index is 0.561. The zero-order valence-corrected chi connectivity index (χ0v) is 9.83.